The number of nitrogens with zero attached hydrogens (tertiary/aromatic N) is 5. The fourth-order valence-corrected chi connectivity index (χ4v) is 4.38. The van der Waals surface area contributed by atoms with Crippen LogP contribution in [-0.2, 0) is 41.7 Å². The van der Waals surface area contributed by atoms with Crippen molar-refractivity contribution in [2.75, 3.05) is 13.2 Å². The Morgan fingerprint density at radius 2 is 1.52 bits per heavy atom. The number of hydrogen-bond acceptors (Lipinski definition) is 9. The minimum atomic E-state index is -1.89. The van der Waals surface area contributed by atoms with E-state index in [-0.39, 0.29) is 36.6 Å². The number of unbranched alkanes of at least 4 members (excludes halogenated alkanes) is 2. The van der Waals surface area contributed by atoms with E-state index in [2.05, 4.69) is 15.6 Å². The van der Waals surface area contributed by atoms with Crippen molar-refractivity contribution in [3.63, 3.8) is 0 Å². The lowest BCUT2D eigenvalue weighted by Gasteiger charge is -2.38. The molecule has 1 unspecified atom stereocenters. The largest absolute Gasteiger partial charge is 0.481 e. The molecule has 42 heavy (non-hydrogen) atoms. The number of amides is 5. The molecule has 0 aromatic carbocycles. The van der Waals surface area contributed by atoms with Crippen LogP contribution in [0.2, 0.25) is 0 Å². The number of rotatable bonds is 20. The average molecular weight is 599 g/mol. The third kappa shape index (κ3) is 10.2. The number of carbonyl (C=O) groups excluding carboxylic acids is 4. The second kappa shape index (κ2) is 16.7. The van der Waals surface area contributed by atoms with Gasteiger partial charge in [0.2, 0.25) is 17.7 Å². The third-order valence-corrected chi connectivity index (χ3v) is 6.50. The molecule has 17 heteroatoms. The summed E-state index contributed by atoms with van der Waals surface area (Å²) in [7, 11) is 0. The van der Waals surface area contributed by atoms with Gasteiger partial charge in [-0.2, -0.15) is 0 Å². The van der Waals surface area contributed by atoms with Gasteiger partial charge in [-0.25, -0.2) is 24.2 Å². The van der Waals surface area contributed by atoms with Crippen LogP contribution in [0.15, 0.2) is 6.20 Å². The number of imide groups is 2. The molecular weight excluding hydrogens is 563 g/mol. The van der Waals surface area contributed by atoms with Gasteiger partial charge >= 0.3 is 23.9 Å². The van der Waals surface area contributed by atoms with Crippen molar-refractivity contribution < 1.29 is 53.3 Å². The van der Waals surface area contributed by atoms with Crippen LogP contribution in [0.25, 0.3) is 0 Å². The number of carbonyl (C=O) groups is 7. The maximum absolute atomic E-state index is 13.0. The summed E-state index contributed by atoms with van der Waals surface area (Å²) in [5, 5.41) is 38.6. The minimum absolute atomic E-state index is 0.167. The third-order valence-electron chi connectivity index (χ3n) is 6.50. The Balaban J connectivity index is 1.81. The van der Waals surface area contributed by atoms with E-state index in [1.54, 1.807) is 10.9 Å². The monoisotopic (exact) mass is 598 g/mol. The van der Waals surface area contributed by atoms with E-state index in [9.17, 15) is 48.2 Å². The number of halogens is 1. The van der Waals surface area contributed by atoms with E-state index in [1.165, 1.54) is 0 Å². The van der Waals surface area contributed by atoms with Gasteiger partial charge in [0.15, 0.2) is 0 Å². The number of aryl methyl sites for hydroxylation is 2. The predicted octanol–water partition coefficient (Wildman–Crippen LogP) is 0.589. The van der Waals surface area contributed by atoms with Gasteiger partial charge < -0.3 is 20.6 Å². The molecule has 1 fully saturated rings. The highest BCUT2D eigenvalue weighted by molar-refractivity contribution is 6.16. The summed E-state index contributed by atoms with van der Waals surface area (Å²) in [6.45, 7) is 0.332. The van der Waals surface area contributed by atoms with Crippen molar-refractivity contribution in [3.05, 3.63) is 11.9 Å². The highest BCUT2D eigenvalue weighted by Crippen LogP contribution is 2.23. The van der Waals surface area contributed by atoms with Crippen LogP contribution < -0.4 is 5.32 Å². The summed E-state index contributed by atoms with van der Waals surface area (Å²) in [6.07, 6.45) is 2.13. The molecule has 0 aliphatic carbocycles. The number of urea groups is 1. The molecule has 1 aromatic rings. The van der Waals surface area contributed by atoms with Gasteiger partial charge in [0.05, 0.1) is 12.4 Å². The Hall–Kier alpha value is -4.44. The first-order valence-electron chi connectivity index (χ1n) is 13.5. The van der Waals surface area contributed by atoms with Gasteiger partial charge in [-0.15, -0.1) is 5.10 Å². The second-order valence-electron chi connectivity index (χ2n) is 9.70. The molecular formula is C25H35FN6O10. The summed E-state index contributed by atoms with van der Waals surface area (Å²) >= 11 is 0. The first kappa shape index (κ1) is 33.8. The molecule has 0 radical (unpaired) electrons. The number of nitrogens with one attached hydrogen (secondary N) is 1. The van der Waals surface area contributed by atoms with Crippen molar-refractivity contribution in [3.8, 4) is 0 Å². The smallest absolute Gasteiger partial charge is 0.335 e. The molecule has 4 N–H and O–H groups in total. The van der Waals surface area contributed by atoms with Crippen molar-refractivity contribution in [2.45, 2.75) is 89.3 Å². The van der Waals surface area contributed by atoms with E-state index in [0.717, 1.165) is 0 Å². The van der Waals surface area contributed by atoms with Gasteiger partial charge in [0.1, 0.15) is 18.5 Å². The Morgan fingerprint density at radius 1 is 0.881 bits per heavy atom. The van der Waals surface area contributed by atoms with Crippen LogP contribution in [-0.4, -0.2) is 107 Å². The maximum Gasteiger partial charge on any atom is 0.335 e. The highest BCUT2D eigenvalue weighted by Gasteiger charge is 2.48. The quantitative estimate of drug-likeness (QED) is 0.119. The second-order valence-corrected chi connectivity index (χ2v) is 9.70. The van der Waals surface area contributed by atoms with Crippen LogP contribution >= 0.6 is 0 Å². The van der Waals surface area contributed by atoms with Gasteiger partial charge in [0.25, 0.3) is 0 Å². The summed E-state index contributed by atoms with van der Waals surface area (Å²) in [4.78, 5) is 84.9. The maximum atomic E-state index is 13.0. The van der Waals surface area contributed by atoms with E-state index in [4.69, 9.17) is 5.11 Å². The summed E-state index contributed by atoms with van der Waals surface area (Å²) in [6, 6.07) is -5.02. The minimum Gasteiger partial charge on any atom is -0.481 e. The fraction of sp³-hybridized carbons (Fsp3) is 0.640. The molecule has 0 saturated carbocycles. The SMILES string of the molecule is O=C(O)CC[C@@H](C(=O)O)N1C(=O)CC(=O)N(C(CCCCNC(=O)CCCCn2cc(CCCF)nn2)C(=O)O)C1=O. The number of carboxylic acids is 3. The normalized spacial score (nSPS) is 15.0. The molecule has 0 bridgehead atoms. The summed E-state index contributed by atoms with van der Waals surface area (Å²) < 4.78 is 13.9. The zero-order valence-electron chi connectivity index (χ0n) is 22.9. The molecule has 16 nitrogen and oxygen atoms in total. The molecule has 1 aliphatic rings. The number of hydrogen-bond donors (Lipinski definition) is 4. The van der Waals surface area contributed by atoms with E-state index in [1.807, 2.05) is 0 Å². The van der Waals surface area contributed by atoms with Crippen LogP contribution in [0.5, 0.6) is 0 Å². The summed E-state index contributed by atoms with van der Waals surface area (Å²) in [5.74, 6) is -7.07. The lowest BCUT2D eigenvalue weighted by atomic mass is 10.0. The molecule has 1 aromatic heterocycles. The first-order chi connectivity index (χ1) is 20.0. The van der Waals surface area contributed by atoms with Crippen LogP contribution in [0.4, 0.5) is 9.18 Å². The molecule has 1 aliphatic heterocycles. The summed E-state index contributed by atoms with van der Waals surface area (Å²) in [5.41, 5.74) is 0.704. The van der Waals surface area contributed by atoms with E-state index < -0.39 is 73.8 Å². The van der Waals surface area contributed by atoms with Crippen LogP contribution in [0.1, 0.15) is 69.9 Å². The van der Waals surface area contributed by atoms with Gasteiger partial charge in [0, 0.05) is 32.1 Å². The zero-order valence-corrected chi connectivity index (χ0v) is 22.9. The fourth-order valence-electron chi connectivity index (χ4n) is 4.38. The number of carboxylic acid groups (broad SMARTS) is 3. The van der Waals surface area contributed by atoms with Crippen LogP contribution in [0.3, 0.4) is 0 Å². The predicted molar refractivity (Wildman–Crippen MR) is 138 cm³/mol. The van der Waals surface area contributed by atoms with Crippen molar-refractivity contribution in [2.24, 2.45) is 0 Å². The molecule has 232 valence electrons. The molecule has 2 atom stereocenters. The standard InChI is InChI=1S/C25H35FN6O10/c26-11-5-6-16-15-30(29-28-16)13-4-2-8-19(33)27-12-3-1-7-17(23(38)39)31-20(34)14-21(35)32(25(31)42)18(24(40)41)9-10-22(36)37/h15,17-18H,1-14H2,(H,27,33)(H,36,37)(H,38,39)(H,40,41)/t17?,18-/m0/s1. The van der Waals surface area contributed by atoms with Crippen molar-refractivity contribution in [1.82, 2.24) is 30.1 Å². The van der Waals surface area contributed by atoms with Gasteiger partial charge in [-0.1, -0.05) is 5.21 Å². The topological polar surface area (TPSA) is 229 Å². The van der Waals surface area contributed by atoms with E-state index in [0.29, 0.717) is 49.2 Å². The molecule has 5 amide bonds. The first-order valence-corrected chi connectivity index (χ1v) is 13.5. The number of aliphatic carboxylic acids is 3. The Labute approximate surface area is 239 Å². The average Bonchev–Trinajstić information content (AvgIpc) is 3.37. The molecule has 2 rings (SSSR count). The lowest BCUT2D eigenvalue weighted by Crippen LogP contribution is -2.63. The van der Waals surface area contributed by atoms with Crippen LogP contribution in [0, 0.1) is 0 Å². The van der Waals surface area contributed by atoms with Gasteiger partial charge in [-0.3, -0.25) is 28.3 Å². The van der Waals surface area contributed by atoms with Crippen molar-refractivity contribution >= 4 is 41.7 Å². The number of alkyl halides is 1. The van der Waals surface area contributed by atoms with Crippen molar-refractivity contribution in [1.29, 1.82) is 0 Å². The molecule has 0 spiro atoms. The Kier molecular flexibility index (Phi) is 13.5. The number of barbiturate groups is 1. The zero-order chi connectivity index (χ0) is 31.2. The highest BCUT2D eigenvalue weighted by atomic mass is 19.1. The number of aromatic nitrogens is 3. The van der Waals surface area contributed by atoms with E-state index >= 15 is 0 Å². The van der Waals surface area contributed by atoms with Gasteiger partial charge in [-0.05, 0) is 51.4 Å². The molecule has 1 saturated heterocycles. The Morgan fingerprint density at radius 3 is 2.12 bits per heavy atom. The lowest BCUT2D eigenvalue weighted by molar-refractivity contribution is -0.158. The Bertz CT molecular complexity index is 1160. The molecule has 2 heterocycles.